The number of halogens is 1. The lowest BCUT2D eigenvalue weighted by Crippen LogP contribution is -2.19. The van der Waals surface area contributed by atoms with E-state index in [1.54, 1.807) is 24.3 Å². The molecule has 0 N–H and O–H groups in total. The number of sulfone groups is 1. The molecule has 1 aromatic carbocycles. The molecule has 1 aliphatic carbocycles. The molecule has 2 rings (SSSR count). The fraction of sp³-hybridized carbons (Fsp3) is 0.462. The van der Waals surface area contributed by atoms with Crippen LogP contribution >= 0.6 is 15.9 Å². The molecule has 0 aromatic heterocycles. The number of hydrogen-bond acceptors (Lipinski definition) is 4. The second kappa shape index (κ2) is 5.19. The summed E-state index contributed by atoms with van der Waals surface area (Å²) in [6.45, 7) is 0. The second-order valence-electron chi connectivity index (χ2n) is 4.86. The second-order valence-corrected chi connectivity index (χ2v) is 7.70. The van der Waals surface area contributed by atoms with Crippen molar-refractivity contribution in [3.05, 3.63) is 28.2 Å². The summed E-state index contributed by atoms with van der Waals surface area (Å²) in [7, 11) is -3.26. The van der Waals surface area contributed by atoms with E-state index in [1.165, 1.54) is 6.26 Å². The lowest BCUT2D eigenvalue weighted by atomic mass is 9.89. The van der Waals surface area contributed by atoms with Crippen molar-refractivity contribution < 1.29 is 13.2 Å². The Labute approximate surface area is 121 Å². The van der Waals surface area contributed by atoms with E-state index < -0.39 is 15.4 Å². The summed E-state index contributed by atoms with van der Waals surface area (Å²) in [5.74, 6) is 0. The predicted octanol–water partition coefficient (Wildman–Crippen LogP) is 2.96. The first-order valence-corrected chi connectivity index (χ1v) is 8.67. The minimum atomic E-state index is -3.26. The van der Waals surface area contributed by atoms with Crippen molar-refractivity contribution in [2.24, 2.45) is 4.99 Å². The highest BCUT2D eigenvalue weighted by atomic mass is 79.9. The van der Waals surface area contributed by atoms with Crippen LogP contribution in [-0.2, 0) is 20.2 Å². The zero-order valence-corrected chi connectivity index (χ0v) is 12.9. The Balaban J connectivity index is 2.53. The molecule has 0 bridgehead atoms. The average molecular weight is 344 g/mol. The summed E-state index contributed by atoms with van der Waals surface area (Å²) < 4.78 is 23.7. The van der Waals surface area contributed by atoms with Crippen LogP contribution in [0.25, 0.3) is 0 Å². The third kappa shape index (κ3) is 2.81. The Hall–Kier alpha value is -0.970. The smallest absolute Gasteiger partial charge is 0.224 e. The number of nitrogens with zero attached hydrogens (tertiary/aromatic N) is 1. The van der Waals surface area contributed by atoms with Gasteiger partial charge in [-0.25, -0.2) is 13.2 Å². The van der Waals surface area contributed by atoms with Gasteiger partial charge in [-0.15, -0.1) is 0 Å². The van der Waals surface area contributed by atoms with Crippen LogP contribution in [0.2, 0.25) is 0 Å². The monoisotopic (exact) mass is 343 g/mol. The summed E-state index contributed by atoms with van der Waals surface area (Å²) in [5.41, 5.74) is 0.341. The van der Waals surface area contributed by atoms with E-state index in [0.29, 0.717) is 4.47 Å². The van der Waals surface area contributed by atoms with E-state index in [1.807, 2.05) is 0 Å². The van der Waals surface area contributed by atoms with Crippen molar-refractivity contribution >= 4 is 31.8 Å². The topological polar surface area (TPSA) is 63.6 Å². The lowest BCUT2D eigenvalue weighted by molar-refractivity contribution is 0.455. The Morgan fingerprint density at radius 3 is 2.42 bits per heavy atom. The highest BCUT2D eigenvalue weighted by molar-refractivity contribution is 9.10. The van der Waals surface area contributed by atoms with Crippen molar-refractivity contribution in [2.75, 3.05) is 6.26 Å². The SMILES string of the molecule is CS(=O)(=O)c1ccc(C2(N=C=O)CCCC2)cc1Br. The van der Waals surface area contributed by atoms with E-state index in [4.69, 9.17) is 0 Å². The van der Waals surface area contributed by atoms with Gasteiger partial charge in [-0.2, -0.15) is 4.99 Å². The summed E-state index contributed by atoms with van der Waals surface area (Å²) in [6, 6.07) is 5.06. The molecule has 19 heavy (non-hydrogen) atoms. The van der Waals surface area contributed by atoms with Gasteiger partial charge in [0.25, 0.3) is 0 Å². The Bertz CT molecular complexity index is 642. The summed E-state index contributed by atoms with van der Waals surface area (Å²) in [4.78, 5) is 14.9. The normalized spacial score (nSPS) is 18.0. The predicted molar refractivity (Wildman–Crippen MR) is 75.5 cm³/mol. The van der Waals surface area contributed by atoms with Crippen molar-refractivity contribution in [2.45, 2.75) is 36.1 Å². The molecule has 102 valence electrons. The lowest BCUT2D eigenvalue weighted by Gasteiger charge is -2.23. The van der Waals surface area contributed by atoms with E-state index >= 15 is 0 Å². The first-order valence-electron chi connectivity index (χ1n) is 5.98. The van der Waals surface area contributed by atoms with Gasteiger partial charge in [0.05, 0.1) is 10.4 Å². The summed E-state index contributed by atoms with van der Waals surface area (Å²) in [6.07, 6.45) is 6.44. The van der Waals surface area contributed by atoms with Gasteiger partial charge < -0.3 is 0 Å². The minimum absolute atomic E-state index is 0.250. The van der Waals surface area contributed by atoms with Gasteiger partial charge in [0.15, 0.2) is 9.84 Å². The number of carbonyl (C=O) groups excluding carboxylic acids is 1. The molecule has 0 heterocycles. The van der Waals surface area contributed by atoms with Crippen LogP contribution in [-0.4, -0.2) is 20.8 Å². The van der Waals surface area contributed by atoms with E-state index in [0.717, 1.165) is 31.2 Å². The molecular formula is C13H14BrNO3S. The van der Waals surface area contributed by atoms with Crippen molar-refractivity contribution in [3.8, 4) is 0 Å². The highest BCUT2D eigenvalue weighted by Crippen LogP contribution is 2.43. The molecule has 0 unspecified atom stereocenters. The van der Waals surface area contributed by atoms with Crippen LogP contribution in [0.3, 0.4) is 0 Å². The first-order chi connectivity index (χ1) is 8.89. The summed E-state index contributed by atoms with van der Waals surface area (Å²) >= 11 is 3.29. The molecular weight excluding hydrogens is 330 g/mol. The molecule has 0 atom stereocenters. The number of hydrogen-bond donors (Lipinski definition) is 0. The first kappa shape index (κ1) is 14.4. The zero-order valence-electron chi connectivity index (χ0n) is 10.5. The van der Waals surface area contributed by atoms with Crippen LogP contribution in [0.1, 0.15) is 31.2 Å². The quantitative estimate of drug-likeness (QED) is 0.626. The van der Waals surface area contributed by atoms with Gasteiger partial charge in [0.1, 0.15) is 0 Å². The molecule has 0 saturated heterocycles. The number of aliphatic imine (C=N–C) groups is 1. The van der Waals surface area contributed by atoms with Crippen molar-refractivity contribution in [3.63, 3.8) is 0 Å². The fourth-order valence-electron chi connectivity index (χ4n) is 2.60. The van der Waals surface area contributed by atoms with Crippen LogP contribution < -0.4 is 0 Å². The molecule has 4 nitrogen and oxygen atoms in total. The van der Waals surface area contributed by atoms with Crippen LogP contribution in [0, 0.1) is 0 Å². The van der Waals surface area contributed by atoms with E-state index in [9.17, 15) is 13.2 Å². The van der Waals surface area contributed by atoms with Crippen LogP contribution in [0.15, 0.2) is 32.6 Å². The highest BCUT2D eigenvalue weighted by Gasteiger charge is 2.36. The molecule has 1 saturated carbocycles. The van der Waals surface area contributed by atoms with Crippen LogP contribution in [0.4, 0.5) is 0 Å². The van der Waals surface area contributed by atoms with Gasteiger partial charge in [-0.1, -0.05) is 18.9 Å². The molecule has 1 aliphatic rings. The van der Waals surface area contributed by atoms with Gasteiger partial charge in [0.2, 0.25) is 6.08 Å². The van der Waals surface area contributed by atoms with E-state index in [-0.39, 0.29) is 4.90 Å². The maximum absolute atomic E-state index is 11.6. The van der Waals surface area contributed by atoms with Gasteiger partial charge >= 0.3 is 0 Å². The summed E-state index contributed by atoms with van der Waals surface area (Å²) in [5, 5.41) is 0. The maximum atomic E-state index is 11.6. The number of isocyanates is 1. The zero-order chi connectivity index (χ0) is 14.1. The van der Waals surface area contributed by atoms with Gasteiger partial charge in [0, 0.05) is 10.7 Å². The number of benzene rings is 1. The van der Waals surface area contributed by atoms with E-state index in [2.05, 4.69) is 20.9 Å². The van der Waals surface area contributed by atoms with Crippen molar-refractivity contribution in [1.29, 1.82) is 0 Å². The van der Waals surface area contributed by atoms with Gasteiger partial charge in [-0.3, -0.25) is 0 Å². The van der Waals surface area contributed by atoms with Crippen LogP contribution in [0.5, 0.6) is 0 Å². The van der Waals surface area contributed by atoms with Gasteiger partial charge in [-0.05, 0) is 46.5 Å². The average Bonchev–Trinajstić information content (AvgIpc) is 2.77. The van der Waals surface area contributed by atoms with Crippen molar-refractivity contribution in [1.82, 2.24) is 0 Å². The maximum Gasteiger partial charge on any atom is 0.235 e. The molecule has 0 radical (unpaired) electrons. The third-order valence-electron chi connectivity index (χ3n) is 3.56. The fourth-order valence-corrected chi connectivity index (χ4v) is 4.59. The molecule has 0 amide bonds. The Morgan fingerprint density at radius 1 is 1.32 bits per heavy atom. The molecule has 1 fully saturated rings. The molecule has 6 heteroatoms. The standard InChI is InChI=1S/C13H14BrNO3S/c1-19(17,18)12-5-4-10(8-11(12)14)13(15-9-16)6-2-3-7-13/h4-5,8H,2-3,6-7H2,1H3. The minimum Gasteiger partial charge on any atom is -0.224 e. The third-order valence-corrected chi connectivity index (χ3v) is 5.63. The largest absolute Gasteiger partial charge is 0.235 e. The Morgan fingerprint density at radius 2 is 1.95 bits per heavy atom. The Kier molecular flexibility index (Phi) is 3.95. The molecule has 1 aromatic rings. The number of rotatable bonds is 3. The molecule has 0 aliphatic heterocycles. The molecule has 0 spiro atoms.